The van der Waals surface area contributed by atoms with E-state index in [0.29, 0.717) is 12.2 Å². The standard InChI is InChI=1S/C13H15BrO2/c1-9-12(6-7-16-9)13(15)8-10-2-4-11(14)5-3-10/h2-5,9,12H,6-8H2,1H3. The highest BCUT2D eigenvalue weighted by Gasteiger charge is 2.30. The summed E-state index contributed by atoms with van der Waals surface area (Å²) in [5, 5.41) is 0. The lowest BCUT2D eigenvalue weighted by Crippen LogP contribution is -2.23. The number of ketones is 1. The quantitative estimate of drug-likeness (QED) is 0.852. The Morgan fingerprint density at radius 3 is 2.69 bits per heavy atom. The molecule has 1 heterocycles. The summed E-state index contributed by atoms with van der Waals surface area (Å²) in [6.45, 7) is 2.70. The predicted octanol–water partition coefficient (Wildman–Crippen LogP) is 2.99. The number of rotatable bonds is 3. The van der Waals surface area contributed by atoms with Crippen molar-refractivity contribution in [2.45, 2.75) is 25.9 Å². The summed E-state index contributed by atoms with van der Waals surface area (Å²) in [6, 6.07) is 7.92. The highest BCUT2D eigenvalue weighted by molar-refractivity contribution is 9.10. The smallest absolute Gasteiger partial charge is 0.142 e. The van der Waals surface area contributed by atoms with Gasteiger partial charge in [-0.3, -0.25) is 4.79 Å². The zero-order valence-corrected chi connectivity index (χ0v) is 10.9. The largest absolute Gasteiger partial charge is 0.378 e. The molecule has 1 aliphatic heterocycles. The molecule has 1 fully saturated rings. The average Bonchev–Trinajstić information content (AvgIpc) is 2.68. The van der Waals surface area contributed by atoms with E-state index in [9.17, 15) is 4.79 Å². The van der Waals surface area contributed by atoms with Gasteiger partial charge in [0.2, 0.25) is 0 Å². The second-order valence-electron chi connectivity index (χ2n) is 4.24. The van der Waals surface area contributed by atoms with Crippen molar-refractivity contribution >= 4 is 21.7 Å². The van der Waals surface area contributed by atoms with Crippen LogP contribution in [0.2, 0.25) is 0 Å². The van der Waals surface area contributed by atoms with Crippen molar-refractivity contribution in [3.63, 3.8) is 0 Å². The molecular formula is C13H15BrO2. The van der Waals surface area contributed by atoms with Crippen LogP contribution in [-0.4, -0.2) is 18.5 Å². The number of carbonyl (C=O) groups excluding carboxylic acids is 1. The van der Waals surface area contributed by atoms with Crippen LogP contribution in [0.25, 0.3) is 0 Å². The van der Waals surface area contributed by atoms with Crippen molar-refractivity contribution in [3.05, 3.63) is 34.3 Å². The van der Waals surface area contributed by atoms with Gasteiger partial charge >= 0.3 is 0 Å². The summed E-state index contributed by atoms with van der Waals surface area (Å²) in [7, 11) is 0. The predicted molar refractivity (Wildman–Crippen MR) is 66.4 cm³/mol. The van der Waals surface area contributed by atoms with Gasteiger partial charge in [-0.25, -0.2) is 0 Å². The van der Waals surface area contributed by atoms with Crippen molar-refractivity contribution in [2.24, 2.45) is 5.92 Å². The van der Waals surface area contributed by atoms with Crippen molar-refractivity contribution in [2.75, 3.05) is 6.61 Å². The van der Waals surface area contributed by atoms with Gasteiger partial charge in [-0.15, -0.1) is 0 Å². The Balaban J connectivity index is 1.99. The van der Waals surface area contributed by atoms with Crippen molar-refractivity contribution in [1.29, 1.82) is 0 Å². The van der Waals surface area contributed by atoms with Gasteiger partial charge in [-0.1, -0.05) is 28.1 Å². The number of hydrogen-bond donors (Lipinski definition) is 0. The maximum absolute atomic E-state index is 12.0. The Labute approximate surface area is 104 Å². The van der Waals surface area contributed by atoms with Gasteiger partial charge in [0.05, 0.1) is 6.10 Å². The van der Waals surface area contributed by atoms with E-state index in [-0.39, 0.29) is 12.0 Å². The van der Waals surface area contributed by atoms with Gasteiger partial charge in [0.1, 0.15) is 5.78 Å². The molecule has 2 nitrogen and oxygen atoms in total. The Morgan fingerprint density at radius 2 is 2.12 bits per heavy atom. The van der Waals surface area contributed by atoms with Gasteiger partial charge in [0.15, 0.2) is 0 Å². The monoisotopic (exact) mass is 282 g/mol. The molecule has 3 heteroatoms. The molecule has 0 radical (unpaired) electrons. The molecule has 0 amide bonds. The summed E-state index contributed by atoms with van der Waals surface area (Å²) in [5.41, 5.74) is 1.08. The van der Waals surface area contributed by atoms with Crippen molar-refractivity contribution in [1.82, 2.24) is 0 Å². The van der Waals surface area contributed by atoms with Gasteiger partial charge in [0.25, 0.3) is 0 Å². The van der Waals surface area contributed by atoms with E-state index < -0.39 is 0 Å². The Morgan fingerprint density at radius 1 is 1.44 bits per heavy atom. The summed E-state index contributed by atoms with van der Waals surface area (Å²) >= 11 is 3.38. The van der Waals surface area contributed by atoms with Crippen molar-refractivity contribution < 1.29 is 9.53 Å². The molecule has 0 aliphatic carbocycles. The molecule has 1 aromatic carbocycles. The molecule has 0 bridgehead atoms. The van der Waals surface area contributed by atoms with Crippen LogP contribution in [0.5, 0.6) is 0 Å². The number of benzene rings is 1. The third-order valence-electron chi connectivity index (χ3n) is 3.08. The van der Waals surface area contributed by atoms with Crippen LogP contribution in [0.15, 0.2) is 28.7 Å². The molecule has 16 heavy (non-hydrogen) atoms. The molecular weight excluding hydrogens is 268 g/mol. The third-order valence-corrected chi connectivity index (χ3v) is 3.61. The van der Waals surface area contributed by atoms with E-state index in [0.717, 1.165) is 23.1 Å². The third kappa shape index (κ3) is 2.71. The molecule has 2 unspecified atom stereocenters. The molecule has 86 valence electrons. The van der Waals surface area contributed by atoms with E-state index in [1.54, 1.807) is 0 Å². The molecule has 0 spiro atoms. The first-order valence-electron chi connectivity index (χ1n) is 5.55. The summed E-state index contributed by atoms with van der Waals surface area (Å²) in [4.78, 5) is 12.0. The van der Waals surface area contributed by atoms with Crippen molar-refractivity contribution in [3.8, 4) is 0 Å². The van der Waals surface area contributed by atoms with Gasteiger partial charge in [-0.2, -0.15) is 0 Å². The van der Waals surface area contributed by atoms with Gasteiger partial charge in [-0.05, 0) is 31.0 Å². The molecule has 1 aromatic rings. The fraction of sp³-hybridized carbons (Fsp3) is 0.462. The average molecular weight is 283 g/mol. The van der Waals surface area contributed by atoms with E-state index >= 15 is 0 Å². The SMILES string of the molecule is CC1OCCC1C(=O)Cc1ccc(Br)cc1. The first-order valence-corrected chi connectivity index (χ1v) is 6.35. The molecule has 0 saturated carbocycles. The molecule has 2 rings (SSSR count). The molecule has 0 N–H and O–H groups in total. The Kier molecular flexibility index (Phi) is 3.77. The zero-order chi connectivity index (χ0) is 11.5. The number of hydrogen-bond acceptors (Lipinski definition) is 2. The van der Waals surface area contributed by atoms with Gasteiger partial charge < -0.3 is 4.74 Å². The topological polar surface area (TPSA) is 26.3 Å². The fourth-order valence-corrected chi connectivity index (χ4v) is 2.35. The van der Waals surface area contributed by atoms with Gasteiger partial charge in [0, 0.05) is 23.4 Å². The minimum absolute atomic E-state index is 0.0861. The van der Waals surface area contributed by atoms with E-state index in [1.165, 1.54) is 0 Å². The molecule has 1 saturated heterocycles. The minimum Gasteiger partial charge on any atom is -0.378 e. The number of Topliss-reactive ketones (excluding diaryl/α,β-unsaturated/α-hetero) is 1. The van der Waals surface area contributed by atoms with Crippen LogP contribution in [0, 0.1) is 5.92 Å². The second-order valence-corrected chi connectivity index (χ2v) is 5.16. The molecule has 0 aromatic heterocycles. The highest BCUT2D eigenvalue weighted by atomic mass is 79.9. The van der Waals surface area contributed by atoms with E-state index in [1.807, 2.05) is 31.2 Å². The molecule has 2 atom stereocenters. The lowest BCUT2D eigenvalue weighted by molar-refractivity contribution is -0.123. The first-order chi connectivity index (χ1) is 7.66. The number of ether oxygens (including phenoxy) is 1. The highest BCUT2D eigenvalue weighted by Crippen LogP contribution is 2.23. The number of carbonyl (C=O) groups is 1. The first kappa shape index (κ1) is 11.8. The zero-order valence-electron chi connectivity index (χ0n) is 9.28. The van der Waals surface area contributed by atoms with Crippen LogP contribution < -0.4 is 0 Å². The fourth-order valence-electron chi connectivity index (χ4n) is 2.09. The van der Waals surface area contributed by atoms with Crippen LogP contribution in [0.3, 0.4) is 0 Å². The maximum Gasteiger partial charge on any atom is 0.142 e. The molecule has 1 aliphatic rings. The summed E-state index contributed by atoms with van der Waals surface area (Å²) in [6.07, 6.45) is 1.48. The van der Waals surface area contributed by atoms with Crippen LogP contribution in [-0.2, 0) is 16.0 Å². The van der Waals surface area contributed by atoms with Crippen LogP contribution in [0.1, 0.15) is 18.9 Å². The lowest BCUT2D eigenvalue weighted by Gasteiger charge is -2.12. The normalized spacial score (nSPS) is 24.6. The maximum atomic E-state index is 12.0. The van der Waals surface area contributed by atoms with E-state index in [4.69, 9.17) is 4.74 Å². The second kappa shape index (κ2) is 5.11. The summed E-state index contributed by atoms with van der Waals surface area (Å²) < 4.78 is 6.46. The minimum atomic E-state index is 0.0861. The van der Waals surface area contributed by atoms with Crippen LogP contribution >= 0.6 is 15.9 Å². The Bertz CT molecular complexity index is 372. The lowest BCUT2D eigenvalue weighted by atomic mass is 9.93. The van der Waals surface area contributed by atoms with E-state index in [2.05, 4.69) is 15.9 Å². The van der Waals surface area contributed by atoms with Crippen LogP contribution in [0.4, 0.5) is 0 Å². The summed E-state index contributed by atoms with van der Waals surface area (Å²) in [5.74, 6) is 0.385. The number of halogens is 1. The Hall–Kier alpha value is -0.670.